The third-order valence-electron chi connectivity index (χ3n) is 5.93. The number of aromatic nitrogens is 1. The summed E-state index contributed by atoms with van der Waals surface area (Å²) in [6.45, 7) is 5.19. The SMILES string of the molecule is CCCCCC1CCC(c2ccc(-c3ccc(OCCC)cc3)cn2)CC1. The first-order valence-electron chi connectivity index (χ1n) is 11.0. The Morgan fingerprint density at radius 3 is 2.22 bits per heavy atom. The number of nitrogens with zero attached hydrogens (tertiary/aromatic N) is 1. The molecule has 1 heterocycles. The van der Waals surface area contributed by atoms with E-state index in [0.29, 0.717) is 5.92 Å². The highest BCUT2D eigenvalue weighted by Gasteiger charge is 2.22. The van der Waals surface area contributed by atoms with Crippen LogP contribution < -0.4 is 4.74 Å². The third kappa shape index (κ3) is 5.82. The molecule has 0 aliphatic heterocycles. The predicted octanol–water partition coefficient (Wildman–Crippen LogP) is 7.39. The molecule has 2 aromatic rings. The first-order valence-corrected chi connectivity index (χ1v) is 11.0. The zero-order valence-corrected chi connectivity index (χ0v) is 17.1. The van der Waals surface area contributed by atoms with E-state index in [2.05, 4.69) is 50.2 Å². The second-order valence-corrected chi connectivity index (χ2v) is 8.06. The summed E-state index contributed by atoms with van der Waals surface area (Å²) in [6, 6.07) is 12.8. The highest BCUT2D eigenvalue weighted by atomic mass is 16.5. The molecule has 2 nitrogen and oxygen atoms in total. The maximum Gasteiger partial charge on any atom is 0.119 e. The van der Waals surface area contributed by atoms with E-state index in [1.54, 1.807) is 0 Å². The van der Waals surface area contributed by atoms with Crippen LogP contribution in [-0.4, -0.2) is 11.6 Å². The maximum atomic E-state index is 5.67. The molecule has 0 N–H and O–H groups in total. The molecule has 0 saturated heterocycles. The standard InChI is InChI=1S/C25H35NO/c1-3-5-6-7-20-8-10-22(11-9-20)25-17-14-23(19-26-25)21-12-15-24(16-13-21)27-18-4-2/h12-17,19-20,22H,3-11,18H2,1-2H3. The summed E-state index contributed by atoms with van der Waals surface area (Å²) >= 11 is 0. The first kappa shape index (κ1) is 19.9. The van der Waals surface area contributed by atoms with Gasteiger partial charge in [-0.2, -0.15) is 0 Å². The predicted molar refractivity (Wildman–Crippen MR) is 114 cm³/mol. The molecule has 1 aliphatic rings. The lowest BCUT2D eigenvalue weighted by molar-refractivity contribution is 0.300. The van der Waals surface area contributed by atoms with E-state index in [0.717, 1.165) is 24.7 Å². The monoisotopic (exact) mass is 365 g/mol. The van der Waals surface area contributed by atoms with Gasteiger partial charge in [0.2, 0.25) is 0 Å². The fraction of sp³-hybridized carbons (Fsp3) is 0.560. The summed E-state index contributed by atoms with van der Waals surface area (Å²) in [6.07, 6.45) is 14.1. The summed E-state index contributed by atoms with van der Waals surface area (Å²) in [5.74, 6) is 2.56. The van der Waals surface area contributed by atoms with Crippen LogP contribution in [-0.2, 0) is 0 Å². The molecule has 1 saturated carbocycles. The van der Waals surface area contributed by atoms with Crippen LogP contribution in [0.4, 0.5) is 0 Å². The average Bonchev–Trinajstić information content (AvgIpc) is 2.73. The number of benzene rings is 1. The van der Waals surface area contributed by atoms with Crippen molar-refractivity contribution in [3.05, 3.63) is 48.3 Å². The van der Waals surface area contributed by atoms with Crippen molar-refractivity contribution in [2.24, 2.45) is 5.92 Å². The van der Waals surface area contributed by atoms with E-state index in [1.165, 1.54) is 68.2 Å². The Kier molecular flexibility index (Phi) is 7.74. The van der Waals surface area contributed by atoms with Gasteiger partial charge in [0.1, 0.15) is 5.75 Å². The second-order valence-electron chi connectivity index (χ2n) is 8.06. The van der Waals surface area contributed by atoms with E-state index in [1.807, 2.05) is 6.20 Å². The van der Waals surface area contributed by atoms with E-state index < -0.39 is 0 Å². The fourth-order valence-corrected chi connectivity index (χ4v) is 4.21. The van der Waals surface area contributed by atoms with Crippen LogP contribution in [0, 0.1) is 5.92 Å². The molecule has 0 bridgehead atoms. The van der Waals surface area contributed by atoms with E-state index in [9.17, 15) is 0 Å². The van der Waals surface area contributed by atoms with Gasteiger partial charge in [-0.25, -0.2) is 0 Å². The van der Waals surface area contributed by atoms with Crippen LogP contribution in [0.2, 0.25) is 0 Å². The van der Waals surface area contributed by atoms with Crippen molar-refractivity contribution in [2.75, 3.05) is 6.61 Å². The number of hydrogen-bond donors (Lipinski definition) is 0. The smallest absolute Gasteiger partial charge is 0.119 e. The van der Waals surface area contributed by atoms with Gasteiger partial charge in [0.25, 0.3) is 0 Å². The summed E-state index contributed by atoms with van der Waals surface area (Å²) in [5, 5.41) is 0. The van der Waals surface area contributed by atoms with Crippen LogP contribution in [0.1, 0.15) is 83.2 Å². The third-order valence-corrected chi connectivity index (χ3v) is 5.93. The zero-order chi connectivity index (χ0) is 18.9. The van der Waals surface area contributed by atoms with Crippen molar-refractivity contribution in [1.82, 2.24) is 4.98 Å². The molecule has 0 atom stereocenters. The fourth-order valence-electron chi connectivity index (χ4n) is 4.21. The second kappa shape index (κ2) is 10.5. The number of rotatable bonds is 9. The highest BCUT2D eigenvalue weighted by molar-refractivity contribution is 5.63. The van der Waals surface area contributed by atoms with Crippen LogP contribution in [0.25, 0.3) is 11.1 Å². The molecule has 1 aromatic heterocycles. The quantitative estimate of drug-likeness (QED) is 0.432. The van der Waals surface area contributed by atoms with Gasteiger partial charge in [-0.3, -0.25) is 4.98 Å². The molecular formula is C25H35NO. The van der Waals surface area contributed by atoms with Crippen molar-refractivity contribution in [1.29, 1.82) is 0 Å². The lowest BCUT2D eigenvalue weighted by Crippen LogP contribution is -2.14. The number of unbranched alkanes of at least 4 members (excludes halogenated alkanes) is 2. The molecule has 2 heteroatoms. The molecule has 0 radical (unpaired) electrons. The van der Waals surface area contributed by atoms with Crippen molar-refractivity contribution in [3.63, 3.8) is 0 Å². The minimum atomic E-state index is 0.659. The molecule has 0 amide bonds. The minimum Gasteiger partial charge on any atom is -0.494 e. The Morgan fingerprint density at radius 2 is 1.59 bits per heavy atom. The van der Waals surface area contributed by atoms with E-state index in [4.69, 9.17) is 9.72 Å². The van der Waals surface area contributed by atoms with Crippen LogP contribution in [0.3, 0.4) is 0 Å². The Hall–Kier alpha value is -1.83. The normalized spacial score (nSPS) is 19.8. The molecular weight excluding hydrogens is 330 g/mol. The summed E-state index contributed by atoms with van der Waals surface area (Å²) in [4.78, 5) is 4.82. The lowest BCUT2D eigenvalue weighted by Gasteiger charge is -2.28. The molecule has 1 aromatic carbocycles. The molecule has 1 aliphatic carbocycles. The number of hydrogen-bond acceptors (Lipinski definition) is 2. The van der Waals surface area contributed by atoms with E-state index in [-0.39, 0.29) is 0 Å². The molecule has 146 valence electrons. The average molecular weight is 366 g/mol. The van der Waals surface area contributed by atoms with Crippen LogP contribution in [0.15, 0.2) is 42.6 Å². The molecule has 27 heavy (non-hydrogen) atoms. The highest BCUT2D eigenvalue weighted by Crippen LogP contribution is 2.37. The van der Waals surface area contributed by atoms with Crippen molar-refractivity contribution < 1.29 is 4.74 Å². The zero-order valence-electron chi connectivity index (χ0n) is 17.1. The molecule has 1 fully saturated rings. The van der Waals surface area contributed by atoms with Gasteiger partial charge in [0, 0.05) is 23.4 Å². The topological polar surface area (TPSA) is 22.1 Å². The van der Waals surface area contributed by atoms with Crippen molar-refractivity contribution in [2.45, 2.75) is 77.6 Å². The Bertz CT molecular complexity index is 654. The first-order chi connectivity index (χ1) is 13.3. The van der Waals surface area contributed by atoms with Gasteiger partial charge in [-0.05, 0) is 61.8 Å². The molecule has 3 rings (SSSR count). The maximum absolute atomic E-state index is 5.67. The van der Waals surface area contributed by atoms with Gasteiger partial charge in [-0.15, -0.1) is 0 Å². The molecule has 0 unspecified atom stereocenters. The van der Waals surface area contributed by atoms with Gasteiger partial charge < -0.3 is 4.74 Å². The van der Waals surface area contributed by atoms with Crippen molar-refractivity contribution in [3.8, 4) is 16.9 Å². The molecule has 0 spiro atoms. The lowest BCUT2D eigenvalue weighted by atomic mass is 9.78. The summed E-state index contributed by atoms with van der Waals surface area (Å²) in [5.41, 5.74) is 3.68. The van der Waals surface area contributed by atoms with Gasteiger partial charge in [-0.1, -0.05) is 57.7 Å². The Labute approximate surface area is 165 Å². The van der Waals surface area contributed by atoms with Crippen LogP contribution in [0.5, 0.6) is 5.75 Å². The Balaban J connectivity index is 1.53. The minimum absolute atomic E-state index is 0.659. The summed E-state index contributed by atoms with van der Waals surface area (Å²) in [7, 11) is 0. The van der Waals surface area contributed by atoms with Gasteiger partial charge >= 0.3 is 0 Å². The van der Waals surface area contributed by atoms with Gasteiger partial charge in [0.15, 0.2) is 0 Å². The van der Waals surface area contributed by atoms with Gasteiger partial charge in [0.05, 0.1) is 6.61 Å². The number of ether oxygens (including phenoxy) is 1. The largest absolute Gasteiger partial charge is 0.494 e. The van der Waals surface area contributed by atoms with E-state index >= 15 is 0 Å². The Morgan fingerprint density at radius 1 is 0.852 bits per heavy atom. The number of pyridine rings is 1. The van der Waals surface area contributed by atoms with Crippen molar-refractivity contribution >= 4 is 0 Å². The van der Waals surface area contributed by atoms with Crippen LogP contribution >= 0.6 is 0 Å². The summed E-state index contributed by atoms with van der Waals surface area (Å²) < 4.78 is 5.67.